The topological polar surface area (TPSA) is 34.9 Å². The van der Waals surface area contributed by atoms with Gasteiger partial charge in [-0.15, -0.1) is 11.3 Å². The highest BCUT2D eigenvalue weighted by atomic mass is 32.2. The van der Waals surface area contributed by atoms with Crippen molar-refractivity contribution >= 4 is 33.3 Å². The molecule has 0 unspecified atom stereocenters. The Morgan fingerprint density at radius 3 is 2.77 bits per heavy atom. The molecular formula is C21H24N2OS2. The normalized spacial score (nSPS) is 14.0. The van der Waals surface area contributed by atoms with Gasteiger partial charge in [0.1, 0.15) is 4.83 Å². The first-order valence-electron chi connectivity index (χ1n) is 9.38. The molecule has 0 saturated heterocycles. The summed E-state index contributed by atoms with van der Waals surface area (Å²) in [6.45, 7) is 6.36. The molecule has 1 aliphatic carbocycles. The Balaban J connectivity index is 2.00. The second-order valence-electron chi connectivity index (χ2n) is 7.04. The van der Waals surface area contributed by atoms with E-state index in [-0.39, 0.29) is 5.56 Å². The van der Waals surface area contributed by atoms with Crippen molar-refractivity contribution in [1.82, 2.24) is 9.55 Å². The molecule has 3 nitrogen and oxygen atoms in total. The van der Waals surface area contributed by atoms with Gasteiger partial charge in [0.2, 0.25) is 0 Å². The van der Waals surface area contributed by atoms with Crippen LogP contribution < -0.4 is 5.56 Å². The summed E-state index contributed by atoms with van der Waals surface area (Å²) in [6, 6.07) is 6.25. The number of nitrogens with zero attached hydrogens (tertiary/aromatic N) is 2. The lowest BCUT2D eigenvalue weighted by Crippen LogP contribution is -2.22. The Bertz CT molecular complexity index is 1030. The summed E-state index contributed by atoms with van der Waals surface area (Å²) in [5.41, 5.74) is 4.75. The lowest BCUT2D eigenvalue weighted by atomic mass is 9.97. The van der Waals surface area contributed by atoms with E-state index < -0.39 is 0 Å². The van der Waals surface area contributed by atoms with Gasteiger partial charge in [0.05, 0.1) is 11.1 Å². The minimum Gasteiger partial charge on any atom is -0.268 e. The average molecular weight is 385 g/mol. The summed E-state index contributed by atoms with van der Waals surface area (Å²) in [5, 5.41) is 1.69. The van der Waals surface area contributed by atoms with E-state index in [0.29, 0.717) is 0 Å². The van der Waals surface area contributed by atoms with Crippen LogP contribution in [0.3, 0.4) is 0 Å². The van der Waals surface area contributed by atoms with Gasteiger partial charge < -0.3 is 0 Å². The molecule has 2 heterocycles. The molecule has 0 amide bonds. The summed E-state index contributed by atoms with van der Waals surface area (Å²) in [7, 11) is 0. The number of aromatic nitrogens is 2. The van der Waals surface area contributed by atoms with Gasteiger partial charge in [0.25, 0.3) is 5.56 Å². The molecule has 0 fully saturated rings. The zero-order chi connectivity index (χ0) is 18.3. The lowest BCUT2D eigenvalue weighted by Gasteiger charge is -2.14. The second kappa shape index (κ2) is 7.20. The zero-order valence-corrected chi connectivity index (χ0v) is 17.2. The smallest absolute Gasteiger partial charge is 0.267 e. The number of aryl methyl sites for hydroxylation is 4. The van der Waals surface area contributed by atoms with Crippen LogP contribution in [0.5, 0.6) is 0 Å². The molecule has 26 heavy (non-hydrogen) atoms. The van der Waals surface area contributed by atoms with Gasteiger partial charge >= 0.3 is 0 Å². The molecule has 0 radical (unpaired) electrons. The second-order valence-corrected chi connectivity index (χ2v) is 9.19. The maximum Gasteiger partial charge on any atom is 0.267 e. The largest absolute Gasteiger partial charge is 0.268 e. The summed E-state index contributed by atoms with van der Waals surface area (Å²) in [4.78, 5) is 20.8. The van der Waals surface area contributed by atoms with Crippen molar-refractivity contribution in [3.05, 3.63) is 50.1 Å². The first kappa shape index (κ1) is 17.8. The van der Waals surface area contributed by atoms with Gasteiger partial charge in [0.15, 0.2) is 5.16 Å². The minimum absolute atomic E-state index is 0.108. The molecule has 1 aromatic carbocycles. The third-order valence-corrected chi connectivity index (χ3v) is 7.47. The van der Waals surface area contributed by atoms with Crippen LogP contribution in [-0.4, -0.2) is 15.3 Å². The van der Waals surface area contributed by atoms with Crippen LogP contribution in [-0.2, 0) is 12.8 Å². The van der Waals surface area contributed by atoms with Gasteiger partial charge in [-0.3, -0.25) is 9.36 Å². The number of hydrogen-bond acceptors (Lipinski definition) is 4. The van der Waals surface area contributed by atoms with Crippen LogP contribution in [0.2, 0.25) is 0 Å². The monoisotopic (exact) mass is 384 g/mol. The van der Waals surface area contributed by atoms with E-state index in [0.717, 1.165) is 46.1 Å². The van der Waals surface area contributed by atoms with Crippen LogP contribution in [0, 0.1) is 13.8 Å². The molecule has 1 aliphatic rings. The van der Waals surface area contributed by atoms with E-state index in [1.54, 1.807) is 23.1 Å². The summed E-state index contributed by atoms with van der Waals surface area (Å²) in [6.07, 6.45) is 5.57. The van der Waals surface area contributed by atoms with Gasteiger partial charge in [0, 0.05) is 10.6 Å². The summed E-state index contributed by atoms with van der Waals surface area (Å²) >= 11 is 3.42. The van der Waals surface area contributed by atoms with Gasteiger partial charge in [-0.05, 0) is 74.8 Å². The van der Waals surface area contributed by atoms with Crippen molar-refractivity contribution in [2.75, 3.05) is 5.75 Å². The fourth-order valence-corrected chi connectivity index (χ4v) is 5.74. The molecule has 0 bridgehead atoms. The Hall–Kier alpha value is -1.59. The van der Waals surface area contributed by atoms with Crippen molar-refractivity contribution in [2.24, 2.45) is 0 Å². The van der Waals surface area contributed by atoms with Gasteiger partial charge in [-0.2, -0.15) is 0 Å². The molecule has 0 spiro atoms. The Kier molecular flexibility index (Phi) is 4.93. The number of thiophene rings is 1. The van der Waals surface area contributed by atoms with Gasteiger partial charge in [-0.1, -0.05) is 24.8 Å². The lowest BCUT2D eigenvalue weighted by molar-refractivity contribution is 0.699. The molecule has 136 valence electrons. The predicted molar refractivity (Wildman–Crippen MR) is 112 cm³/mol. The van der Waals surface area contributed by atoms with E-state index in [9.17, 15) is 4.79 Å². The molecule has 5 heteroatoms. The molecule has 2 aromatic heterocycles. The SMILES string of the molecule is CCCSc1nc2sc3c(c2c(=O)n1-c1ccc(C)c(C)c1)CCCC3. The molecule has 0 saturated carbocycles. The fourth-order valence-electron chi connectivity index (χ4n) is 3.57. The van der Waals surface area contributed by atoms with E-state index in [2.05, 4.69) is 32.9 Å². The van der Waals surface area contributed by atoms with E-state index in [1.165, 1.54) is 34.4 Å². The average Bonchev–Trinajstić information content (AvgIpc) is 3.01. The predicted octanol–water partition coefficient (Wildman–Crippen LogP) is 5.44. The standard InChI is InChI=1S/C21H24N2OS2/c1-4-11-25-21-22-19-18(16-7-5-6-8-17(16)26-19)20(24)23(21)15-10-9-13(2)14(3)12-15/h9-10,12H,4-8,11H2,1-3H3. The van der Waals surface area contributed by atoms with E-state index in [1.807, 2.05) is 10.6 Å². The maximum absolute atomic E-state index is 13.6. The number of rotatable bonds is 4. The van der Waals surface area contributed by atoms with Gasteiger partial charge in [-0.25, -0.2) is 4.98 Å². The van der Waals surface area contributed by atoms with Crippen molar-refractivity contribution in [3.8, 4) is 5.69 Å². The van der Waals surface area contributed by atoms with Crippen molar-refractivity contribution in [2.45, 2.75) is 58.0 Å². The number of benzene rings is 1. The molecule has 0 atom stereocenters. The third-order valence-electron chi connectivity index (χ3n) is 5.14. The van der Waals surface area contributed by atoms with E-state index in [4.69, 9.17) is 4.98 Å². The van der Waals surface area contributed by atoms with Crippen LogP contribution >= 0.6 is 23.1 Å². The first-order valence-corrected chi connectivity index (χ1v) is 11.2. The highest BCUT2D eigenvalue weighted by Gasteiger charge is 2.22. The molecule has 0 aliphatic heterocycles. The fraction of sp³-hybridized carbons (Fsp3) is 0.429. The Morgan fingerprint density at radius 2 is 2.00 bits per heavy atom. The van der Waals surface area contributed by atoms with Crippen LogP contribution in [0.25, 0.3) is 15.9 Å². The van der Waals surface area contributed by atoms with E-state index >= 15 is 0 Å². The van der Waals surface area contributed by atoms with Crippen molar-refractivity contribution < 1.29 is 0 Å². The van der Waals surface area contributed by atoms with Crippen LogP contribution in [0.4, 0.5) is 0 Å². The Morgan fingerprint density at radius 1 is 1.19 bits per heavy atom. The highest BCUT2D eigenvalue weighted by molar-refractivity contribution is 7.99. The molecule has 4 rings (SSSR count). The highest BCUT2D eigenvalue weighted by Crippen LogP contribution is 2.35. The number of thioether (sulfide) groups is 1. The maximum atomic E-state index is 13.6. The zero-order valence-electron chi connectivity index (χ0n) is 15.6. The number of hydrogen-bond donors (Lipinski definition) is 0. The van der Waals surface area contributed by atoms with Crippen LogP contribution in [0.15, 0.2) is 28.2 Å². The quantitative estimate of drug-likeness (QED) is 0.443. The van der Waals surface area contributed by atoms with Crippen molar-refractivity contribution in [1.29, 1.82) is 0 Å². The first-order chi connectivity index (χ1) is 12.6. The summed E-state index contributed by atoms with van der Waals surface area (Å²) in [5.74, 6) is 0.966. The minimum atomic E-state index is 0.108. The van der Waals surface area contributed by atoms with Crippen LogP contribution in [0.1, 0.15) is 47.8 Å². The van der Waals surface area contributed by atoms with Crippen molar-refractivity contribution in [3.63, 3.8) is 0 Å². The molecular weight excluding hydrogens is 360 g/mol. The Labute approximate surface area is 162 Å². The molecule has 0 N–H and O–H groups in total. The number of fused-ring (bicyclic) bond motifs is 3. The third kappa shape index (κ3) is 3.01. The summed E-state index contributed by atoms with van der Waals surface area (Å²) < 4.78 is 1.84. The molecule has 3 aromatic rings.